The van der Waals surface area contributed by atoms with E-state index >= 15 is 0 Å². The molecule has 0 aromatic carbocycles. The van der Waals surface area contributed by atoms with Gasteiger partial charge in [-0.25, -0.2) is 5.84 Å². The highest BCUT2D eigenvalue weighted by Crippen LogP contribution is 1.88. The van der Waals surface area contributed by atoms with Crippen LogP contribution in [0.15, 0.2) is 4.99 Å². The van der Waals surface area contributed by atoms with Crippen LogP contribution in [0.5, 0.6) is 0 Å². The van der Waals surface area contributed by atoms with Crippen LogP contribution in [0.2, 0.25) is 0 Å². The standard InChI is InChI=1S/C9H23N5/c1-4-14(5-2)8-6-7-12-9(11-3)13-10/h4-8,10H2,1-3H3,(H2,11,12,13). The molecule has 0 unspecified atom stereocenters. The van der Waals surface area contributed by atoms with Crippen molar-refractivity contribution in [1.82, 2.24) is 15.6 Å². The van der Waals surface area contributed by atoms with Gasteiger partial charge in [-0.2, -0.15) is 0 Å². The third-order valence-corrected chi connectivity index (χ3v) is 2.20. The molecule has 0 aliphatic rings. The minimum Gasteiger partial charge on any atom is -0.355 e. The van der Waals surface area contributed by atoms with Crippen molar-refractivity contribution in [1.29, 1.82) is 0 Å². The predicted octanol–water partition coefficient (Wildman–Crippen LogP) is -0.243. The van der Waals surface area contributed by atoms with Gasteiger partial charge in [-0.15, -0.1) is 0 Å². The van der Waals surface area contributed by atoms with Crippen molar-refractivity contribution >= 4 is 5.96 Å². The van der Waals surface area contributed by atoms with Gasteiger partial charge in [0.2, 0.25) is 5.96 Å². The Bertz CT molecular complexity index is 153. The lowest BCUT2D eigenvalue weighted by atomic mass is 10.3. The Kier molecular flexibility index (Phi) is 8.27. The number of aliphatic imine (C=N–C) groups is 1. The van der Waals surface area contributed by atoms with Gasteiger partial charge >= 0.3 is 0 Å². The molecule has 0 aliphatic carbocycles. The summed E-state index contributed by atoms with van der Waals surface area (Å²) < 4.78 is 0. The van der Waals surface area contributed by atoms with Gasteiger partial charge in [0.15, 0.2) is 0 Å². The first-order chi connectivity index (χ1) is 6.78. The van der Waals surface area contributed by atoms with Crippen molar-refractivity contribution in [2.24, 2.45) is 10.8 Å². The molecule has 0 fully saturated rings. The first-order valence-electron chi connectivity index (χ1n) is 5.18. The van der Waals surface area contributed by atoms with Crippen LogP contribution >= 0.6 is 0 Å². The Hall–Kier alpha value is -0.810. The fraction of sp³-hybridized carbons (Fsp3) is 0.889. The van der Waals surface area contributed by atoms with Gasteiger partial charge in [0, 0.05) is 13.6 Å². The summed E-state index contributed by atoms with van der Waals surface area (Å²) in [5.41, 5.74) is 2.49. The second-order valence-corrected chi connectivity index (χ2v) is 3.02. The van der Waals surface area contributed by atoms with Gasteiger partial charge in [-0.3, -0.25) is 10.4 Å². The Morgan fingerprint density at radius 2 is 2.00 bits per heavy atom. The first-order valence-corrected chi connectivity index (χ1v) is 5.18. The number of rotatable bonds is 6. The molecule has 4 N–H and O–H groups in total. The van der Waals surface area contributed by atoms with Crippen molar-refractivity contribution in [3.63, 3.8) is 0 Å². The Morgan fingerprint density at radius 1 is 1.36 bits per heavy atom. The number of hydrogen-bond acceptors (Lipinski definition) is 3. The van der Waals surface area contributed by atoms with Crippen molar-refractivity contribution in [2.75, 3.05) is 33.2 Å². The topological polar surface area (TPSA) is 65.7 Å². The molecule has 0 heterocycles. The lowest BCUT2D eigenvalue weighted by molar-refractivity contribution is 0.300. The molecule has 0 rings (SSSR count). The lowest BCUT2D eigenvalue weighted by Gasteiger charge is -2.18. The normalized spacial score (nSPS) is 11.9. The summed E-state index contributed by atoms with van der Waals surface area (Å²) in [7, 11) is 1.70. The van der Waals surface area contributed by atoms with E-state index in [0.717, 1.165) is 32.6 Å². The zero-order valence-corrected chi connectivity index (χ0v) is 9.51. The van der Waals surface area contributed by atoms with Crippen molar-refractivity contribution in [3.05, 3.63) is 0 Å². The van der Waals surface area contributed by atoms with Crippen LogP contribution in [0, 0.1) is 0 Å². The van der Waals surface area contributed by atoms with Crippen LogP contribution in [0.4, 0.5) is 0 Å². The van der Waals surface area contributed by atoms with Gasteiger partial charge in [-0.05, 0) is 26.1 Å². The maximum atomic E-state index is 5.22. The van der Waals surface area contributed by atoms with Gasteiger partial charge in [0.1, 0.15) is 0 Å². The van der Waals surface area contributed by atoms with E-state index in [1.54, 1.807) is 7.05 Å². The van der Waals surface area contributed by atoms with E-state index in [0.29, 0.717) is 5.96 Å². The summed E-state index contributed by atoms with van der Waals surface area (Å²) in [5, 5.41) is 3.11. The predicted molar refractivity (Wildman–Crippen MR) is 61.1 cm³/mol. The number of guanidine groups is 1. The molecule has 0 radical (unpaired) electrons. The van der Waals surface area contributed by atoms with Crippen molar-refractivity contribution < 1.29 is 0 Å². The van der Waals surface area contributed by atoms with Crippen molar-refractivity contribution in [2.45, 2.75) is 20.3 Å². The smallest absolute Gasteiger partial charge is 0.205 e. The van der Waals surface area contributed by atoms with E-state index in [2.05, 4.69) is 34.5 Å². The fourth-order valence-corrected chi connectivity index (χ4v) is 1.24. The minimum atomic E-state index is 0.643. The van der Waals surface area contributed by atoms with Crippen LogP contribution in [0.1, 0.15) is 20.3 Å². The third-order valence-electron chi connectivity index (χ3n) is 2.20. The molecule has 0 spiro atoms. The highest BCUT2D eigenvalue weighted by Gasteiger charge is 1.98. The van der Waals surface area contributed by atoms with E-state index in [4.69, 9.17) is 5.84 Å². The van der Waals surface area contributed by atoms with E-state index < -0.39 is 0 Å². The van der Waals surface area contributed by atoms with E-state index in [1.165, 1.54) is 0 Å². The molecular formula is C9H23N5. The van der Waals surface area contributed by atoms with E-state index in [9.17, 15) is 0 Å². The summed E-state index contributed by atoms with van der Waals surface area (Å²) in [6.45, 7) is 8.59. The quantitative estimate of drug-likeness (QED) is 0.182. The summed E-state index contributed by atoms with van der Waals surface area (Å²) in [6.07, 6.45) is 1.10. The molecule has 0 amide bonds. The average Bonchev–Trinajstić information content (AvgIpc) is 2.24. The molecule has 0 aromatic rings. The summed E-state index contributed by atoms with van der Waals surface area (Å²) in [5.74, 6) is 5.87. The number of nitrogens with zero attached hydrogens (tertiary/aromatic N) is 2. The van der Waals surface area contributed by atoms with E-state index in [1.807, 2.05) is 0 Å². The summed E-state index contributed by atoms with van der Waals surface area (Å²) in [6, 6.07) is 0. The number of nitrogens with one attached hydrogen (secondary N) is 2. The second kappa shape index (κ2) is 8.77. The highest BCUT2D eigenvalue weighted by molar-refractivity contribution is 5.78. The van der Waals surface area contributed by atoms with Gasteiger partial charge < -0.3 is 10.2 Å². The largest absolute Gasteiger partial charge is 0.355 e. The van der Waals surface area contributed by atoms with Crippen LogP contribution < -0.4 is 16.6 Å². The monoisotopic (exact) mass is 201 g/mol. The zero-order chi connectivity index (χ0) is 10.8. The Labute approximate surface area is 86.7 Å². The van der Waals surface area contributed by atoms with Crippen molar-refractivity contribution in [3.8, 4) is 0 Å². The Morgan fingerprint density at radius 3 is 2.43 bits per heavy atom. The molecule has 5 nitrogen and oxygen atoms in total. The number of hydrogen-bond donors (Lipinski definition) is 3. The van der Waals surface area contributed by atoms with Crippen LogP contribution in [-0.4, -0.2) is 44.1 Å². The molecule has 0 saturated carbocycles. The number of hydrazine groups is 1. The van der Waals surface area contributed by atoms with Crippen LogP contribution in [0.3, 0.4) is 0 Å². The summed E-state index contributed by atoms with van der Waals surface area (Å²) >= 11 is 0. The Balaban J connectivity index is 3.45. The molecule has 0 aromatic heterocycles. The third kappa shape index (κ3) is 5.77. The second-order valence-electron chi connectivity index (χ2n) is 3.02. The van der Waals surface area contributed by atoms with Crippen LogP contribution in [0.25, 0.3) is 0 Å². The molecule has 5 heteroatoms. The lowest BCUT2D eigenvalue weighted by Crippen LogP contribution is -2.42. The van der Waals surface area contributed by atoms with Gasteiger partial charge in [0.05, 0.1) is 0 Å². The molecule has 14 heavy (non-hydrogen) atoms. The van der Waals surface area contributed by atoms with Gasteiger partial charge in [0.25, 0.3) is 0 Å². The van der Waals surface area contributed by atoms with Gasteiger partial charge in [-0.1, -0.05) is 13.8 Å². The molecule has 84 valence electrons. The number of nitrogens with two attached hydrogens (primary N) is 1. The highest BCUT2D eigenvalue weighted by atomic mass is 15.3. The van der Waals surface area contributed by atoms with E-state index in [-0.39, 0.29) is 0 Å². The minimum absolute atomic E-state index is 0.643. The maximum absolute atomic E-state index is 5.22. The first kappa shape index (κ1) is 13.2. The molecule has 0 atom stereocenters. The summed E-state index contributed by atoms with van der Waals surface area (Å²) in [4.78, 5) is 6.31. The fourth-order valence-electron chi connectivity index (χ4n) is 1.24. The average molecular weight is 201 g/mol. The van der Waals surface area contributed by atoms with Crippen LogP contribution in [-0.2, 0) is 0 Å². The zero-order valence-electron chi connectivity index (χ0n) is 9.51. The molecule has 0 saturated heterocycles. The SMILES string of the molecule is CCN(CC)CCCNC(=NC)NN. The molecular weight excluding hydrogens is 178 g/mol. The molecule has 0 bridgehead atoms. The maximum Gasteiger partial charge on any atom is 0.205 e. The molecule has 0 aliphatic heterocycles.